The van der Waals surface area contributed by atoms with Crippen LogP contribution >= 0.6 is 0 Å². The lowest BCUT2D eigenvalue weighted by Crippen LogP contribution is -2.49. The summed E-state index contributed by atoms with van der Waals surface area (Å²) in [4.78, 5) is 2.52. The Bertz CT molecular complexity index is 97.5. The first-order valence-corrected chi connectivity index (χ1v) is 3.80. The fraction of sp³-hybridized carbons (Fsp3) is 1.00. The molecule has 2 saturated heterocycles. The van der Waals surface area contributed by atoms with Crippen LogP contribution in [0, 0.1) is 0 Å². The summed E-state index contributed by atoms with van der Waals surface area (Å²) in [7, 11) is 2.25. The highest BCUT2D eigenvalue weighted by molar-refractivity contribution is 4.92. The number of likely N-dealkylation sites (N-methyl/N-ethyl adjacent to an activating group) is 1. The van der Waals surface area contributed by atoms with Crippen LogP contribution in [0.4, 0.5) is 0 Å². The predicted molar refractivity (Wildman–Crippen MR) is 37.4 cm³/mol. The minimum atomic E-state index is 0.851. The lowest BCUT2D eigenvalue weighted by Gasteiger charge is -2.31. The predicted octanol–water partition coefficient (Wildman–Crippen LogP) is 0.0524. The molecule has 1 N–H and O–H groups in total. The van der Waals surface area contributed by atoms with Gasteiger partial charge in [0, 0.05) is 25.2 Å². The van der Waals surface area contributed by atoms with Crippen LogP contribution < -0.4 is 5.32 Å². The quantitative estimate of drug-likeness (QED) is 0.493. The van der Waals surface area contributed by atoms with Crippen molar-refractivity contribution in [1.82, 2.24) is 10.2 Å². The van der Waals surface area contributed by atoms with Gasteiger partial charge >= 0.3 is 0 Å². The second-order valence-electron chi connectivity index (χ2n) is 3.21. The van der Waals surface area contributed by atoms with Crippen LogP contribution in [-0.2, 0) is 0 Å². The zero-order valence-electron chi connectivity index (χ0n) is 5.93. The molecule has 2 heteroatoms. The molecule has 52 valence electrons. The average Bonchev–Trinajstić information content (AvgIpc) is 2.19. The standard InChI is InChI=1S/C7H14N2/c1-9-6-2-3-7(9)5-8-4-6/h6-8H,2-5H2,1H3. The molecule has 2 unspecified atom stereocenters. The van der Waals surface area contributed by atoms with Gasteiger partial charge in [0.25, 0.3) is 0 Å². The molecule has 0 aromatic heterocycles. The highest BCUT2D eigenvalue weighted by Gasteiger charge is 2.32. The molecule has 0 aliphatic carbocycles. The number of rotatable bonds is 0. The molecular weight excluding hydrogens is 112 g/mol. The summed E-state index contributed by atoms with van der Waals surface area (Å²) < 4.78 is 0. The maximum absolute atomic E-state index is 3.44. The molecule has 2 bridgehead atoms. The van der Waals surface area contributed by atoms with E-state index in [1.807, 2.05) is 0 Å². The smallest absolute Gasteiger partial charge is 0.0221 e. The number of piperazine rings is 1. The molecule has 2 aliphatic rings. The van der Waals surface area contributed by atoms with Gasteiger partial charge in [0.05, 0.1) is 0 Å². The topological polar surface area (TPSA) is 15.3 Å². The lowest BCUT2D eigenvalue weighted by atomic mass is 10.2. The first kappa shape index (κ1) is 5.69. The van der Waals surface area contributed by atoms with Gasteiger partial charge in [0.2, 0.25) is 0 Å². The van der Waals surface area contributed by atoms with Gasteiger partial charge in [-0.2, -0.15) is 0 Å². The fourth-order valence-electron chi connectivity index (χ4n) is 2.00. The summed E-state index contributed by atoms with van der Waals surface area (Å²) in [5, 5.41) is 3.44. The van der Waals surface area contributed by atoms with Gasteiger partial charge in [-0.25, -0.2) is 0 Å². The van der Waals surface area contributed by atoms with E-state index in [2.05, 4.69) is 17.3 Å². The molecule has 9 heavy (non-hydrogen) atoms. The van der Waals surface area contributed by atoms with Crippen molar-refractivity contribution in [1.29, 1.82) is 0 Å². The van der Waals surface area contributed by atoms with E-state index in [1.54, 1.807) is 0 Å². The van der Waals surface area contributed by atoms with Crippen LogP contribution in [0.2, 0.25) is 0 Å². The summed E-state index contributed by atoms with van der Waals surface area (Å²) in [6.45, 7) is 2.43. The van der Waals surface area contributed by atoms with E-state index in [0.717, 1.165) is 12.1 Å². The first-order valence-electron chi connectivity index (χ1n) is 3.80. The van der Waals surface area contributed by atoms with Gasteiger partial charge in [0.1, 0.15) is 0 Å². The summed E-state index contributed by atoms with van der Waals surface area (Å²) in [6.07, 6.45) is 2.82. The van der Waals surface area contributed by atoms with Crippen molar-refractivity contribution in [2.24, 2.45) is 0 Å². The fourth-order valence-corrected chi connectivity index (χ4v) is 2.00. The van der Waals surface area contributed by atoms with E-state index >= 15 is 0 Å². The van der Waals surface area contributed by atoms with Crippen molar-refractivity contribution in [3.63, 3.8) is 0 Å². The molecule has 2 heterocycles. The molecule has 0 spiro atoms. The highest BCUT2D eigenvalue weighted by atomic mass is 15.2. The second kappa shape index (κ2) is 1.96. The average molecular weight is 126 g/mol. The van der Waals surface area contributed by atoms with E-state index in [-0.39, 0.29) is 0 Å². The maximum Gasteiger partial charge on any atom is 0.0221 e. The van der Waals surface area contributed by atoms with Gasteiger partial charge in [-0.1, -0.05) is 0 Å². The molecule has 2 fully saturated rings. The summed E-state index contributed by atoms with van der Waals surface area (Å²) in [5.74, 6) is 0. The van der Waals surface area contributed by atoms with Crippen molar-refractivity contribution in [2.45, 2.75) is 24.9 Å². The Hall–Kier alpha value is -0.0800. The van der Waals surface area contributed by atoms with Crippen LogP contribution in [0.1, 0.15) is 12.8 Å². The van der Waals surface area contributed by atoms with Crippen LogP contribution in [0.15, 0.2) is 0 Å². The van der Waals surface area contributed by atoms with Crippen LogP contribution in [0.3, 0.4) is 0 Å². The zero-order chi connectivity index (χ0) is 6.27. The minimum Gasteiger partial charge on any atom is -0.314 e. The normalized spacial score (nSPS) is 43.7. The molecule has 2 aliphatic heterocycles. The minimum absolute atomic E-state index is 0.851. The summed E-state index contributed by atoms with van der Waals surface area (Å²) in [5.41, 5.74) is 0. The number of hydrogen-bond acceptors (Lipinski definition) is 2. The molecule has 2 nitrogen and oxygen atoms in total. The zero-order valence-corrected chi connectivity index (χ0v) is 5.93. The third-order valence-corrected chi connectivity index (χ3v) is 2.74. The van der Waals surface area contributed by atoms with E-state index in [9.17, 15) is 0 Å². The molecule has 2 atom stereocenters. The third-order valence-electron chi connectivity index (χ3n) is 2.74. The first-order chi connectivity index (χ1) is 4.38. The monoisotopic (exact) mass is 126 g/mol. The van der Waals surface area contributed by atoms with Crippen molar-refractivity contribution in [3.05, 3.63) is 0 Å². The number of hydrogen-bond donors (Lipinski definition) is 1. The molecule has 0 aromatic rings. The largest absolute Gasteiger partial charge is 0.314 e. The Morgan fingerprint density at radius 2 is 1.78 bits per heavy atom. The van der Waals surface area contributed by atoms with E-state index in [1.165, 1.54) is 25.9 Å². The molecule has 2 rings (SSSR count). The SMILES string of the molecule is CN1C2CCC1CNC2. The van der Waals surface area contributed by atoms with Crippen molar-refractivity contribution in [3.8, 4) is 0 Å². The molecule has 0 radical (unpaired) electrons. The van der Waals surface area contributed by atoms with E-state index < -0.39 is 0 Å². The van der Waals surface area contributed by atoms with Crippen LogP contribution in [-0.4, -0.2) is 37.1 Å². The van der Waals surface area contributed by atoms with Gasteiger partial charge in [0.15, 0.2) is 0 Å². The summed E-state index contributed by atoms with van der Waals surface area (Å²) in [6, 6.07) is 1.70. The van der Waals surface area contributed by atoms with E-state index in [4.69, 9.17) is 0 Å². The van der Waals surface area contributed by atoms with Crippen molar-refractivity contribution >= 4 is 0 Å². The van der Waals surface area contributed by atoms with Crippen molar-refractivity contribution < 1.29 is 0 Å². The van der Waals surface area contributed by atoms with Crippen molar-refractivity contribution in [2.75, 3.05) is 20.1 Å². The Morgan fingerprint density at radius 3 is 2.22 bits per heavy atom. The number of nitrogens with one attached hydrogen (secondary N) is 1. The Morgan fingerprint density at radius 1 is 1.22 bits per heavy atom. The van der Waals surface area contributed by atoms with Gasteiger partial charge in [-0.15, -0.1) is 0 Å². The van der Waals surface area contributed by atoms with Gasteiger partial charge < -0.3 is 5.32 Å². The van der Waals surface area contributed by atoms with Crippen LogP contribution in [0.5, 0.6) is 0 Å². The number of nitrogens with zero attached hydrogens (tertiary/aromatic N) is 1. The second-order valence-corrected chi connectivity index (χ2v) is 3.21. The third kappa shape index (κ3) is 0.775. The molecular formula is C7H14N2. The summed E-state index contributed by atoms with van der Waals surface area (Å²) >= 11 is 0. The van der Waals surface area contributed by atoms with E-state index in [0.29, 0.717) is 0 Å². The molecule has 0 aromatic carbocycles. The highest BCUT2D eigenvalue weighted by Crippen LogP contribution is 2.23. The molecule has 0 amide bonds. The Balaban J connectivity index is 2.10. The lowest BCUT2D eigenvalue weighted by molar-refractivity contribution is 0.193. The van der Waals surface area contributed by atoms with Gasteiger partial charge in [-0.05, 0) is 19.9 Å². The van der Waals surface area contributed by atoms with Crippen LogP contribution in [0.25, 0.3) is 0 Å². The maximum atomic E-state index is 3.44. The Kier molecular flexibility index (Phi) is 1.24. The van der Waals surface area contributed by atoms with Gasteiger partial charge in [-0.3, -0.25) is 4.90 Å². The Labute approximate surface area is 56.2 Å². The molecule has 0 saturated carbocycles. The number of fused-ring (bicyclic) bond motifs is 2.